The summed E-state index contributed by atoms with van der Waals surface area (Å²) in [5, 5.41) is 10.7. The van der Waals surface area contributed by atoms with Crippen LogP contribution < -0.4 is 5.73 Å². The monoisotopic (exact) mass is 277 g/mol. The Balaban J connectivity index is 2.19. The van der Waals surface area contributed by atoms with Gasteiger partial charge < -0.3 is 5.73 Å². The maximum Gasteiger partial charge on any atom is 0.269 e. The number of hydrogen-bond donors (Lipinski definition) is 1. The van der Waals surface area contributed by atoms with Gasteiger partial charge in [0.2, 0.25) is 0 Å². The number of benzene rings is 1. The van der Waals surface area contributed by atoms with E-state index in [2.05, 4.69) is 11.8 Å². The molecule has 1 saturated heterocycles. The van der Waals surface area contributed by atoms with Gasteiger partial charge in [-0.2, -0.15) is 0 Å². The van der Waals surface area contributed by atoms with Crippen molar-refractivity contribution in [2.45, 2.75) is 44.7 Å². The molecule has 0 amide bonds. The Hall–Kier alpha value is -1.46. The molecule has 2 rings (SSSR count). The summed E-state index contributed by atoms with van der Waals surface area (Å²) < 4.78 is 0. The molecular formula is C15H23N3O2. The summed E-state index contributed by atoms with van der Waals surface area (Å²) in [7, 11) is 0. The number of rotatable bonds is 5. The van der Waals surface area contributed by atoms with Crippen molar-refractivity contribution >= 4 is 5.69 Å². The molecule has 1 heterocycles. The first kappa shape index (κ1) is 14.9. The maximum atomic E-state index is 10.7. The standard InChI is InChI=1S/C15H23N3O2/c1-2-13-5-3-4-10-17(13)15(11-16)12-6-8-14(9-7-12)18(19)20/h6-9,13,15H,2-5,10-11,16H2,1H3. The lowest BCUT2D eigenvalue weighted by Gasteiger charge is -2.40. The second-order valence-electron chi connectivity index (χ2n) is 5.40. The van der Waals surface area contributed by atoms with Crippen LogP contribution in [0.2, 0.25) is 0 Å². The quantitative estimate of drug-likeness (QED) is 0.663. The molecule has 1 fully saturated rings. The smallest absolute Gasteiger partial charge is 0.269 e. The molecule has 1 aliphatic rings. The highest BCUT2D eigenvalue weighted by Crippen LogP contribution is 2.30. The molecule has 0 bridgehead atoms. The first-order valence-corrected chi connectivity index (χ1v) is 7.37. The van der Waals surface area contributed by atoms with Gasteiger partial charge in [0.1, 0.15) is 0 Å². The van der Waals surface area contributed by atoms with Gasteiger partial charge in [-0.15, -0.1) is 0 Å². The molecule has 0 radical (unpaired) electrons. The highest BCUT2D eigenvalue weighted by atomic mass is 16.6. The predicted molar refractivity (Wildman–Crippen MR) is 79.5 cm³/mol. The largest absolute Gasteiger partial charge is 0.329 e. The summed E-state index contributed by atoms with van der Waals surface area (Å²) in [5.41, 5.74) is 7.19. The van der Waals surface area contributed by atoms with Crippen LogP contribution in [0, 0.1) is 10.1 Å². The van der Waals surface area contributed by atoms with Gasteiger partial charge in [-0.25, -0.2) is 0 Å². The number of likely N-dealkylation sites (tertiary alicyclic amines) is 1. The zero-order valence-corrected chi connectivity index (χ0v) is 12.0. The van der Waals surface area contributed by atoms with Gasteiger partial charge in [0, 0.05) is 30.8 Å². The Labute approximate surface area is 119 Å². The van der Waals surface area contributed by atoms with Crippen molar-refractivity contribution in [2.24, 2.45) is 5.73 Å². The summed E-state index contributed by atoms with van der Waals surface area (Å²) in [4.78, 5) is 12.8. The number of nitrogens with zero attached hydrogens (tertiary/aromatic N) is 2. The third-order valence-corrected chi connectivity index (χ3v) is 4.26. The van der Waals surface area contributed by atoms with Crippen molar-refractivity contribution in [2.75, 3.05) is 13.1 Å². The fourth-order valence-electron chi connectivity index (χ4n) is 3.15. The minimum absolute atomic E-state index is 0.134. The van der Waals surface area contributed by atoms with Crippen LogP contribution in [0.15, 0.2) is 24.3 Å². The van der Waals surface area contributed by atoms with E-state index in [1.165, 1.54) is 19.3 Å². The minimum Gasteiger partial charge on any atom is -0.329 e. The van der Waals surface area contributed by atoms with E-state index < -0.39 is 0 Å². The molecule has 0 spiro atoms. The molecule has 0 aromatic heterocycles. The zero-order valence-electron chi connectivity index (χ0n) is 12.0. The van der Waals surface area contributed by atoms with Crippen molar-refractivity contribution in [3.63, 3.8) is 0 Å². The van der Waals surface area contributed by atoms with Crippen molar-refractivity contribution in [1.29, 1.82) is 0 Å². The number of non-ortho nitro benzene ring substituents is 1. The van der Waals surface area contributed by atoms with Crippen molar-refractivity contribution in [3.05, 3.63) is 39.9 Å². The number of nitro groups is 1. The molecule has 2 unspecified atom stereocenters. The van der Waals surface area contributed by atoms with Crippen molar-refractivity contribution in [1.82, 2.24) is 4.90 Å². The molecule has 2 atom stereocenters. The van der Waals surface area contributed by atoms with Gasteiger partial charge >= 0.3 is 0 Å². The topological polar surface area (TPSA) is 72.4 Å². The molecule has 5 heteroatoms. The van der Waals surface area contributed by atoms with Crippen LogP contribution in [-0.4, -0.2) is 29.0 Å². The average molecular weight is 277 g/mol. The Bertz CT molecular complexity index is 447. The first-order chi connectivity index (χ1) is 9.67. The average Bonchev–Trinajstić information content (AvgIpc) is 2.49. The summed E-state index contributed by atoms with van der Waals surface area (Å²) in [6.07, 6.45) is 4.84. The van der Waals surface area contributed by atoms with E-state index in [9.17, 15) is 10.1 Å². The third kappa shape index (κ3) is 3.16. The van der Waals surface area contributed by atoms with Gasteiger partial charge in [0.15, 0.2) is 0 Å². The lowest BCUT2D eigenvalue weighted by atomic mass is 9.95. The maximum absolute atomic E-state index is 10.7. The summed E-state index contributed by atoms with van der Waals surface area (Å²) in [6.45, 7) is 3.83. The SMILES string of the molecule is CCC1CCCCN1C(CN)c1ccc([N+](=O)[O-])cc1. The second kappa shape index (κ2) is 6.81. The molecule has 2 N–H and O–H groups in total. The molecule has 20 heavy (non-hydrogen) atoms. The highest BCUT2D eigenvalue weighted by molar-refractivity contribution is 5.34. The van der Waals surface area contributed by atoms with Crippen LogP contribution in [0.1, 0.15) is 44.2 Å². The summed E-state index contributed by atoms with van der Waals surface area (Å²) >= 11 is 0. The molecule has 5 nitrogen and oxygen atoms in total. The van der Waals surface area contributed by atoms with Crippen LogP contribution in [0.5, 0.6) is 0 Å². The zero-order chi connectivity index (χ0) is 14.5. The Morgan fingerprint density at radius 1 is 1.40 bits per heavy atom. The second-order valence-corrected chi connectivity index (χ2v) is 5.40. The summed E-state index contributed by atoms with van der Waals surface area (Å²) in [5.74, 6) is 0. The van der Waals surface area contributed by atoms with Crippen molar-refractivity contribution in [3.8, 4) is 0 Å². The van der Waals surface area contributed by atoms with E-state index >= 15 is 0 Å². The van der Waals surface area contributed by atoms with Crippen LogP contribution in [-0.2, 0) is 0 Å². The Morgan fingerprint density at radius 3 is 2.65 bits per heavy atom. The first-order valence-electron chi connectivity index (χ1n) is 7.37. The molecular weight excluding hydrogens is 254 g/mol. The minimum atomic E-state index is -0.364. The molecule has 0 saturated carbocycles. The van der Waals surface area contributed by atoms with E-state index in [4.69, 9.17) is 5.73 Å². The van der Waals surface area contributed by atoms with Gasteiger partial charge in [0.25, 0.3) is 5.69 Å². The molecule has 1 aliphatic heterocycles. The fraction of sp³-hybridized carbons (Fsp3) is 0.600. The van der Waals surface area contributed by atoms with Crippen LogP contribution >= 0.6 is 0 Å². The van der Waals surface area contributed by atoms with Gasteiger partial charge in [0.05, 0.1) is 4.92 Å². The summed E-state index contributed by atoms with van der Waals surface area (Å²) in [6, 6.07) is 7.58. The Morgan fingerprint density at radius 2 is 2.10 bits per heavy atom. The molecule has 110 valence electrons. The number of piperidine rings is 1. The van der Waals surface area contributed by atoms with Crippen LogP contribution in [0.3, 0.4) is 0 Å². The van der Waals surface area contributed by atoms with E-state index in [0.717, 1.165) is 18.5 Å². The van der Waals surface area contributed by atoms with E-state index in [1.54, 1.807) is 12.1 Å². The normalized spacial score (nSPS) is 21.6. The van der Waals surface area contributed by atoms with E-state index in [1.807, 2.05) is 12.1 Å². The van der Waals surface area contributed by atoms with Crippen molar-refractivity contribution < 1.29 is 4.92 Å². The van der Waals surface area contributed by atoms with Crippen LogP contribution in [0.4, 0.5) is 5.69 Å². The molecule has 1 aromatic carbocycles. The number of nitrogens with two attached hydrogens (primary N) is 1. The van der Waals surface area contributed by atoms with Crippen LogP contribution in [0.25, 0.3) is 0 Å². The third-order valence-electron chi connectivity index (χ3n) is 4.26. The molecule has 0 aliphatic carbocycles. The predicted octanol–water partition coefficient (Wildman–Crippen LogP) is 2.86. The van der Waals surface area contributed by atoms with Gasteiger partial charge in [-0.05, 0) is 31.4 Å². The molecule has 1 aromatic rings. The number of nitro benzene ring substituents is 1. The number of hydrogen-bond acceptors (Lipinski definition) is 4. The van der Waals surface area contributed by atoms with E-state index in [-0.39, 0.29) is 16.7 Å². The highest BCUT2D eigenvalue weighted by Gasteiger charge is 2.28. The van der Waals surface area contributed by atoms with Gasteiger partial charge in [-0.1, -0.05) is 25.5 Å². The Kier molecular flexibility index (Phi) is 5.09. The lowest BCUT2D eigenvalue weighted by Crippen LogP contribution is -2.44. The lowest BCUT2D eigenvalue weighted by molar-refractivity contribution is -0.384. The van der Waals surface area contributed by atoms with E-state index in [0.29, 0.717) is 12.6 Å². The van der Waals surface area contributed by atoms with Gasteiger partial charge in [-0.3, -0.25) is 15.0 Å². The fourth-order valence-corrected chi connectivity index (χ4v) is 3.15.